The van der Waals surface area contributed by atoms with Gasteiger partial charge in [0.05, 0.1) is 5.56 Å². The molecule has 1 heterocycles. The fraction of sp³-hybridized carbons (Fsp3) is 0.462. The molecule has 1 aromatic carbocycles. The SMILES string of the molecule is CN1CCNCC1.Cc1ccccc1C(=O)O. The van der Waals surface area contributed by atoms with Crippen LogP contribution in [-0.4, -0.2) is 49.2 Å². The van der Waals surface area contributed by atoms with Crippen LogP contribution in [0.2, 0.25) is 0 Å². The third-order valence-corrected chi connectivity index (χ3v) is 2.72. The molecule has 0 amide bonds. The molecule has 0 unspecified atom stereocenters. The van der Waals surface area contributed by atoms with Crippen molar-refractivity contribution >= 4 is 5.97 Å². The summed E-state index contributed by atoms with van der Waals surface area (Å²) in [6, 6.07) is 6.92. The number of piperazine rings is 1. The lowest BCUT2D eigenvalue weighted by Gasteiger charge is -2.21. The minimum absolute atomic E-state index is 0.377. The van der Waals surface area contributed by atoms with Crippen LogP contribution in [0.25, 0.3) is 0 Å². The van der Waals surface area contributed by atoms with Gasteiger partial charge in [0, 0.05) is 26.2 Å². The van der Waals surface area contributed by atoms with Crippen molar-refractivity contribution in [2.24, 2.45) is 0 Å². The smallest absolute Gasteiger partial charge is 0.335 e. The Morgan fingerprint density at radius 2 is 1.88 bits per heavy atom. The zero-order valence-electron chi connectivity index (χ0n) is 10.4. The number of likely N-dealkylation sites (N-methyl/N-ethyl adjacent to an activating group) is 1. The quantitative estimate of drug-likeness (QED) is 0.769. The summed E-state index contributed by atoms with van der Waals surface area (Å²) in [4.78, 5) is 12.8. The molecule has 1 fully saturated rings. The topological polar surface area (TPSA) is 52.6 Å². The van der Waals surface area contributed by atoms with Crippen LogP contribution >= 0.6 is 0 Å². The Bertz CT molecular complexity index is 360. The van der Waals surface area contributed by atoms with Crippen LogP contribution in [0.5, 0.6) is 0 Å². The molecule has 0 saturated carbocycles. The maximum absolute atomic E-state index is 10.4. The van der Waals surface area contributed by atoms with E-state index in [-0.39, 0.29) is 0 Å². The van der Waals surface area contributed by atoms with E-state index in [9.17, 15) is 4.79 Å². The first-order valence-electron chi connectivity index (χ1n) is 5.79. The van der Waals surface area contributed by atoms with Gasteiger partial charge in [0.25, 0.3) is 0 Å². The highest BCUT2D eigenvalue weighted by atomic mass is 16.4. The number of carboxylic acid groups (broad SMARTS) is 1. The zero-order chi connectivity index (χ0) is 12.7. The number of rotatable bonds is 1. The Labute approximate surface area is 102 Å². The number of aryl methyl sites for hydroxylation is 1. The van der Waals surface area contributed by atoms with Gasteiger partial charge in [0.2, 0.25) is 0 Å². The number of carbonyl (C=O) groups is 1. The molecule has 2 rings (SSSR count). The number of hydrogen-bond acceptors (Lipinski definition) is 3. The van der Waals surface area contributed by atoms with E-state index in [0.29, 0.717) is 5.56 Å². The predicted octanol–water partition coefficient (Wildman–Crippen LogP) is 1.21. The van der Waals surface area contributed by atoms with E-state index in [0.717, 1.165) is 18.7 Å². The molecule has 4 heteroatoms. The van der Waals surface area contributed by atoms with Gasteiger partial charge in [-0.05, 0) is 25.6 Å². The lowest BCUT2D eigenvalue weighted by molar-refractivity contribution is 0.0696. The van der Waals surface area contributed by atoms with Crippen molar-refractivity contribution in [2.75, 3.05) is 33.2 Å². The van der Waals surface area contributed by atoms with Crippen LogP contribution < -0.4 is 5.32 Å². The van der Waals surface area contributed by atoms with Gasteiger partial charge in [-0.25, -0.2) is 4.79 Å². The molecule has 0 radical (unpaired) electrons. The molecule has 1 saturated heterocycles. The van der Waals surface area contributed by atoms with Crippen molar-refractivity contribution in [3.8, 4) is 0 Å². The monoisotopic (exact) mass is 236 g/mol. The van der Waals surface area contributed by atoms with Gasteiger partial charge in [0.1, 0.15) is 0 Å². The van der Waals surface area contributed by atoms with Crippen molar-refractivity contribution < 1.29 is 9.90 Å². The third-order valence-electron chi connectivity index (χ3n) is 2.72. The second-order valence-electron chi connectivity index (χ2n) is 4.17. The highest BCUT2D eigenvalue weighted by Crippen LogP contribution is 2.05. The van der Waals surface area contributed by atoms with Crippen molar-refractivity contribution in [3.63, 3.8) is 0 Å². The zero-order valence-corrected chi connectivity index (χ0v) is 10.4. The Morgan fingerprint density at radius 3 is 2.24 bits per heavy atom. The maximum atomic E-state index is 10.4. The number of benzene rings is 1. The highest BCUT2D eigenvalue weighted by molar-refractivity contribution is 5.89. The molecule has 4 nitrogen and oxygen atoms in total. The summed E-state index contributed by atoms with van der Waals surface area (Å²) in [5.41, 5.74) is 1.18. The Hall–Kier alpha value is -1.39. The van der Waals surface area contributed by atoms with Gasteiger partial charge < -0.3 is 15.3 Å². The Balaban J connectivity index is 0.000000181. The second kappa shape index (κ2) is 7.04. The molecule has 1 aliphatic heterocycles. The van der Waals surface area contributed by atoms with E-state index in [4.69, 9.17) is 5.11 Å². The van der Waals surface area contributed by atoms with Crippen LogP contribution in [0.15, 0.2) is 24.3 Å². The van der Waals surface area contributed by atoms with Crippen molar-refractivity contribution in [1.82, 2.24) is 10.2 Å². The first kappa shape index (κ1) is 13.7. The summed E-state index contributed by atoms with van der Waals surface area (Å²) in [6.07, 6.45) is 0. The van der Waals surface area contributed by atoms with E-state index in [1.807, 2.05) is 6.07 Å². The number of nitrogens with zero attached hydrogens (tertiary/aromatic N) is 1. The van der Waals surface area contributed by atoms with E-state index in [1.165, 1.54) is 13.1 Å². The lowest BCUT2D eigenvalue weighted by atomic mass is 10.1. The van der Waals surface area contributed by atoms with Gasteiger partial charge in [-0.2, -0.15) is 0 Å². The minimum Gasteiger partial charge on any atom is -0.478 e. The minimum atomic E-state index is -0.863. The standard InChI is InChI=1S/C8H8O2.C5H12N2/c1-6-4-2-3-5-7(6)8(9)10;1-7-4-2-6-3-5-7/h2-5H,1H3,(H,9,10);6H,2-5H2,1H3. The summed E-state index contributed by atoms with van der Waals surface area (Å²) in [6.45, 7) is 6.52. The average molecular weight is 236 g/mol. The fourth-order valence-corrected chi connectivity index (χ4v) is 1.59. The Kier molecular flexibility index (Phi) is 5.66. The van der Waals surface area contributed by atoms with E-state index >= 15 is 0 Å². The fourth-order valence-electron chi connectivity index (χ4n) is 1.59. The van der Waals surface area contributed by atoms with E-state index in [2.05, 4.69) is 17.3 Å². The number of carboxylic acids is 1. The van der Waals surface area contributed by atoms with Gasteiger partial charge in [-0.15, -0.1) is 0 Å². The molecule has 1 aromatic rings. The molecule has 0 spiro atoms. The van der Waals surface area contributed by atoms with Crippen LogP contribution in [0.3, 0.4) is 0 Å². The maximum Gasteiger partial charge on any atom is 0.335 e. The lowest BCUT2D eigenvalue weighted by Crippen LogP contribution is -2.40. The van der Waals surface area contributed by atoms with Crippen LogP contribution in [0.1, 0.15) is 15.9 Å². The molecule has 0 aliphatic carbocycles. The van der Waals surface area contributed by atoms with Crippen molar-refractivity contribution in [1.29, 1.82) is 0 Å². The molecule has 2 N–H and O–H groups in total. The van der Waals surface area contributed by atoms with Crippen LogP contribution in [0.4, 0.5) is 0 Å². The van der Waals surface area contributed by atoms with E-state index < -0.39 is 5.97 Å². The molecule has 0 bridgehead atoms. The summed E-state index contributed by atoms with van der Waals surface area (Å²) in [5.74, 6) is -0.863. The summed E-state index contributed by atoms with van der Waals surface area (Å²) in [7, 11) is 2.15. The Morgan fingerprint density at radius 1 is 1.29 bits per heavy atom. The largest absolute Gasteiger partial charge is 0.478 e. The van der Waals surface area contributed by atoms with Crippen LogP contribution in [0, 0.1) is 6.92 Å². The molecular weight excluding hydrogens is 216 g/mol. The second-order valence-corrected chi connectivity index (χ2v) is 4.17. The van der Waals surface area contributed by atoms with Crippen LogP contribution in [-0.2, 0) is 0 Å². The molecule has 1 aliphatic rings. The molecule has 0 atom stereocenters. The molecule has 0 aromatic heterocycles. The highest BCUT2D eigenvalue weighted by Gasteiger charge is 2.03. The first-order valence-corrected chi connectivity index (χ1v) is 5.79. The number of nitrogens with one attached hydrogen (secondary N) is 1. The third kappa shape index (κ3) is 4.97. The summed E-state index contributed by atoms with van der Waals surface area (Å²) < 4.78 is 0. The van der Waals surface area contributed by atoms with Gasteiger partial charge in [0.15, 0.2) is 0 Å². The van der Waals surface area contributed by atoms with Gasteiger partial charge >= 0.3 is 5.97 Å². The normalized spacial score (nSPS) is 15.9. The average Bonchev–Trinajstić information content (AvgIpc) is 2.31. The van der Waals surface area contributed by atoms with E-state index in [1.54, 1.807) is 25.1 Å². The molecule has 17 heavy (non-hydrogen) atoms. The van der Waals surface area contributed by atoms with Gasteiger partial charge in [-0.1, -0.05) is 18.2 Å². The molecular formula is C13H20N2O2. The van der Waals surface area contributed by atoms with Crippen molar-refractivity contribution in [3.05, 3.63) is 35.4 Å². The summed E-state index contributed by atoms with van der Waals surface area (Å²) >= 11 is 0. The van der Waals surface area contributed by atoms with Gasteiger partial charge in [-0.3, -0.25) is 0 Å². The first-order chi connectivity index (χ1) is 8.11. The predicted molar refractivity (Wildman–Crippen MR) is 68.5 cm³/mol. The number of hydrogen-bond donors (Lipinski definition) is 2. The summed E-state index contributed by atoms with van der Waals surface area (Å²) in [5, 5.41) is 11.8. The number of aromatic carboxylic acids is 1. The van der Waals surface area contributed by atoms with Crippen molar-refractivity contribution in [2.45, 2.75) is 6.92 Å². The molecule has 94 valence electrons.